The van der Waals surface area contributed by atoms with E-state index in [1.165, 1.54) is 12.8 Å². The molecule has 20 heavy (non-hydrogen) atoms. The van der Waals surface area contributed by atoms with Crippen molar-refractivity contribution in [3.05, 3.63) is 46.1 Å². The molecule has 1 heterocycles. The van der Waals surface area contributed by atoms with Gasteiger partial charge in [0.25, 0.3) is 0 Å². The highest BCUT2D eigenvalue weighted by Crippen LogP contribution is 2.31. The second-order valence-electron chi connectivity index (χ2n) is 5.27. The number of rotatable bonds is 1. The lowest BCUT2D eigenvalue weighted by Gasteiger charge is -2.28. The van der Waals surface area contributed by atoms with Crippen molar-refractivity contribution >= 4 is 23.2 Å². The van der Waals surface area contributed by atoms with Gasteiger partial charge in [-0.2, -0.15) is 0 Å². The van der Waals surface area contributed by atoms with E-state index in [1.54, 1.807) is 24.3 Å². The molecular formula is C16H16ClNO2. The first-order valence-corrected chi connectivity index (χ1v) is 7.41. The summed E-state index contributed by atoms with van der Waals surface area (Å²) in [6.45, 7) is 1.60. The molecule has 1 aliphatic carbocycles. The second-order valence-corrected chi connectivity index (χ2v) is 5.65. The molecule has 1 fully saturated rings. The first-order chi connectivity index (χ1) is 9.70. The van der Waals surface area contributed by atoms with Crippen LogP contribution in [0.3, 0.4) is 0 Å². The Morgan fingerprint density at radius 1 is 0.850 bits per heavy atom. The van der Waals surface area contributed by atoms with Crippen molar-refractivity contribution in [3.63, 3.8) is 0 Å². The number of benzene rings is 1. The number of carbonyl (C=O) groups excluding carboxylic acids is 2. The van der Waals surface area contributed by atoms with Gasteiger partial charge in [-0.25, -0.2) is 0 Å². The number of ketones is 2. The fourth-order valence-corrected chi connectivity index (χ4v) is 3.22. The Hall–Kier alpha value is -1.61. The van der Waals surface area contributed by atoms with E-state index in [1.807, 2.05) is 4.90 Å². The standard InChI is InChI=1S/C16H16ClNO2/c17-13-14(18-9-5-1-2-6-10-18)16(20)12-8-4-3-7-11(12)15(13)19/h3-4,7-8H,1-2,5-6,9-10H2. The molecule has 0 radical (unpaired) electrons. The van der Waals surface area contributed by atoms with Crippen molar-refractivity contribution in [2.45, 2.75) is 25.7 Å². The monoisotopic (exact) mass is 289 g/mol. The van der Waals surface area contributed by atoms with Crippen molar-refractivity contribution in [2.75, 3.05) is 13.1 Å². The molecule has 3 nitrogen and oxygen atoms in total. The first-order valence-electron chi connectivity index (χ1n) is 7.03. The number of nitrogens with zero attached hydrogens (tertiary/aromatic N) is 1. The average molecular weight is 290 g/mol. The topological polar surface area (TPSA) is 37.4 Å². The molecule has 3 rings (SSSR count). The third-order valence-electron chi connectivity index (χ3n) is 3.96. The molecule has 1 saturated heterocycles. The molecule has 104 valence electrons. The van der Waals surface area contributed by atoms with Gasteiger partial charge in [-0.05, 0) is 12.8 Å². The molecule has 1 aromatic carbocycles. The van der Waals surface area contributed by atoms with Crippen LogP contribution >= 0.6 is 11.6 Å². The smallest absolute Gasteiger partial charge is 0.211 e. The van der Waals surface area contributed by atoms with Gasteiger partial charge >= 0.3 is 0 Å². The molecule has 0 bridgehead atoms. The zero-order valence-electron chi connectivity index (χ0n) is 11.2. The van der Waals surface area contributed by atoms with E-state index in [0.29, 0.717) is 16.8 Å². The number of Topliss-reactive ketones (excluding diaryl/α,β-unsaturated/α-hetero) is 2. The summed E-state index contributed by atoms with van der Waals surface area (Å²) >= 11 is 6.21. The molecular weight excluding hydrogens is 274 g/mol. The number of likely N-dealkylation sites (tertiary alicyclic amines) is 1. The molecule has 0 amide bonds. The summed E-state index contributed by atoms with van der Waals surface area (Å²) in [5, 5.41) is 0.0793. The van der Waals surface area contributed by atoms with Crippen molar-refractivity contribution in [3.8, 4) is 0 Å². The lowest BCUT2D eigenvalue weighted by Crippen LogP contribution is -2.34. The Kier molecular flexibility index (Phi) is 3.62. The zero-order chi connectivity index (χ0) is 14.1. The third kappa shape index (κ3) is 2.16. The Labute approximate surface area is 123 Å². The third-order valence-corrected chi connectivity index (χ3v) is 4.31. The van der Waals surface area contributed by atoms with E-state index >= 15 is 0 Å². The fraction of sp³-hybridized carbons (Fsp3) is 0.375. The van der Waals surface area contributed by atoms with Gasteiger partial charge in [-0.15, -0.1) is 0 Å². The van der Waals surface area contributed by atoms with E-state index < -0.39 is 0 Å². The highest BCUT2D eigenvalue weighted by molar-refractivity contribution is 6.49. The van der Waals surface area contributed by atoms with Gasteiger partial charge in [-0.3, -0.25) is 9.59 Å². The highest BCUT2D eigenvalue weighted by atomic mass is 35.5. The van der Waals surface area contributed by atoms with Crippen LogP contribution in [-0.2, 0) is 0 Å². The molecule has 2 aliphatic rings. The Morgan fingerprint density at radius 3 is 2.00 bits per heavy atom. The van der Waals surface area contributed by atoms with Crippen LogP contribution in [0.4, 0.5) is 0 Å². The van der Waals surface area contributed by atoms with Gasteiger partial charge in [0.2, 0.25) is 11.6 Å². The van der Waals surface area contributed by atoms with Crippen LogP contribution < -0.4 is 0 Å². The van der Waals surface area contributed by atoms with Crippen LogP contribution in [0.5, 0.6) is 0 Å². The molecule has 1 aliphatic heterocycles. The summed E-state index contributed by atoms with van der Waals surface area (Å²) in [7, 11) is 0. The molecule has 0 aromatic heterocycles. The van der Waals surface area contributed by atoms with Crippen LogP contribution in [0, 0.1) is 0 Å². The molecule has 1 aromatic rings. The van der Waals surface area contributed by atoms with E-state index in [2.05, 4.69) is 0 Å². The van der Waals surface area contributed by atoms with Crippen LogP contribution in [-0.4, -0.2) is 29.6 Å². The summed E-state index contributed by atoms with van der Waals surface area (Å²) in [5.74, 6) is -0.354. The summed E-state index contributed by atoms with van der Waals surface area (Å²) in [6, 6.07) is 6.91. The zero-order valence-corrected chi connectivity index (χ0v) is 11.9. The fourth-order valence-electron chi connectivity index (χ4n) is 2.91. The van der Waals surface area contributed by atoms with E-state index in [9.17, 15) is 9.59 Å². The SMILES string of the molecule is O=C1C(Cl)=C(N2CCCCCC2)C(=O)c2ccccc21. The van der Waals surface area contributed by atoms with Gasteiger partial charge in [0.1, 0.15) is 10.7 Å². The molecule has 0 unspecified atom stereocenters. The van der Waals surface area contributed by atoms with Gasteiger partial charge in [0.05, 0.1) is 0 Å². The van der Waals surface area contributed by atoms with Crippen molar-refractivity contribution < 1.29 is 9.59 Å². The summed E-state index contributed by atoms with van der Waals surface area (Å²) in [6.07, 6.45) is 4.41. The summed E-state index contributed by atoms with van der Waals surface area (Å²) in [5.41, 5.74) is 1.29. The Balaban J connectivity index is 2.04. The maximum Gasteiger partial charge on any atom is 0.211 e. The van der Waals surface area contributed by atoms with Crippen molar-refractivity contribution in [1.82, 2.24) is 4.90 Å². The van der Waals surface area contributed by atoms with Gasteiger partial charge in [-0.1, -0.05) is 48.7 Å². The predicted molar refractivity (Wildman–Crippen MR) is 78.0 cm³/mol. The van der Waals surface area contributed by atoms with E-state index in [-0.39, 0.29) is 16.6 Å². The predicted octanol–water partition coefficient (Wildman–Crippen LogP) is 3.39. The summed E-state index contributed by atoms with van der Waals surface area (Å²) in [4.78, 5) is 27.0. The number of fused-ring (bicyclic) bond motifs is 1. The molecule has 0 N–H and O–H groups in total. The lowest BCUT2D eigenvalue weighted by molar-refractivity contribution is 0.0947. The quantitative estimate of drug-likeness (QED) is 0.795. The molecule has 0 spiro atoms. The van der Waals surface area contributed by atoms with Crippen molar-refractivity contribution in [1.29, 1.82) is 0 Å². The number of allylic oxidation sites excluding steroid dienone is 2. The minimum Gasteiger partial charge on any atom is -0.367 e. The average Bonchev–Trinajstić information content (AvgIpc) is 2.74. The van der Waals surface area contributed by atoms with Crippen LogP contribution in [0.15, 0.2) is 35.0 Å². The maximum atomic E-state index is 12.6. The van der Waals surface area contributed by atoms with E-state index in [0.717, 1.165) is 25.9 Å². The van der Waals surface area contributed by atoms with E-state index in [4.69, 9.17) is 11.6 Å². The number of hydrogen-bond donors (Lipinski definition) is 0. The second kappa shape index (κ2) is 5.41. The lowest BCUT2D eigenvalue weighted by atomic mass is 9.92. The normalized spacial score (nSPS) is 19.9. The minimum absolute atomic E-state index is 0.0793. The largest absolute Gasteiger partial charge is 0.367 e. The number of carbonyl (C=O) groups is 2. The first kappa shape index (κ1) is 13.4. The van der Waals surface area contributed by atoms with Crippen LogP contribution in [0.1, 0.15) is 46.4 Å². The molecule has 0 atom stereocenters. The highest BCUT2D eigenvalue weighted by Gasteiger charge is 2.34. The maximum absolute atomic E-state index is 12.6. The Morgan fingerprint density at radius 2 is 1.40 bits per heavy atom. The number of halogens is 1. The van der Waals surface area contributed by atoms with Crippen LogP contribution in [0.2, 0.25) is 0 Å². The van der Waals surface area contributed by atoms with Crippen molar-refractivity contribution in [2.24, 2.45) is 0 Å². The molecule has 0 saturated carbocycles. The van der Waals surface area contributed by atoms with Gasteiger partial charge in [0.15, 0.2) is 0 Å². The summed E-state index contributed by atoms with van der Waals surface area (Å²) < 4.78 is 0. The minimum atomic E-state index is -0.235. The number of hydrogen-bond acceptors (Lipinski definition) is 3. The van der Waals surface area contributed by atoms with Crippen LogP contribution in [0.25, 0.3) is 0 Å². The molecule has 4 heteroatoms. The Bertz CT molecular complexity index is 598. The van der Waals surface area contributed by atoms with Gasteiger partial charge in [0, 0.05) is 24.2 Å². The van der Waals surface area contributed by atoms with Gasteiger partial charge < -0.3 is 4.90 Å².